The van der Waals surface area contributed by atoms with Crippen molar-refractivity contribution < 1.29 is 4.42 Å². The molecule has 0 spiro atoms. The van der Waals surface area contributed by atoms with Gasteiger partial charge in [-0.3, -0.25) is 0 Å². The molecular formula is C13H23NO. The van der Waals surface area contributed by atoms with E-state index in [9.17, 15) is 0 Å². The number of rotatable bonds is 4. The molecule has 1 unspecified atom stereocenters. The fraction of sp³-hybridized carbons (Fsp3) is 0.692. The van der Waals surface area contributed by atoms with Crippen LogP contribution in [-0.2, 0) is 6.54 Å². The Bertz CT molecular complexity index is 296. The van der Waals surface area contributed by atoms with Gasteiger partial charge in [0, 0.05) is 6.04 Å². The highest BCUT2D eigenvalue weighted by Crippen LogP contribution is 2.22. The van der Waals surface area contributed by atoms with Gasteiger partial charge in [-0.15, -0.1) is 0 Å². The molecule has 0 fully saturated rings. The standard InChI is InChI=1S/C13H23NO/c1-6-12(13(3,4)5)14-9-11-10(2)7-8-15-11/h7-8,12,14H,6,9H2,1-5H3. The summed E-state index contributed by atoms with van der Waals surface area (Å²) in [5, 5.41) is 3.56. The third-order valence-corrected chi connectivity index (χ3v) is 2.93. The van der Waals surface area contributed by atoms with Crippen LogP contribution in [0, 0.1) is 12.3 Å². The molecule has 2 heteroatoms. The number of nitrogens with one attached hydrogen (secondary N) is 1. The normalized spacial score (nSPS) is 14.2. The van der Waals surface area contributed by atoms with Crippen LogP contribution in [0.5, 0.6) is 0 Å². The number of aryl methyl sites for hydroxylation is 1. The van der Waals surface area contributed by atoms with Crippen molar-refractivity contribution in [1.82, 2.24) is 5.32 Å². The second-order valence-electron chi connectivity index (χ2n) is 5.23. The summed E-state index contributed by atoms with van der Waals surface area (Å²) in [5.74, 6) is 1.05. The second-order valence-corrected chi connectivity index (χ2v) is 5.23. The van der Waals surface area contributed by atoms with Crippen molar-refractivity contribution in [3.63, 3.8) is 0 Å². The summed E-state index contributed by atoms with van der Waals surface area (Å²) in [6.45, 7) is 11.9. The molecule has 1 rings (SSSR count). The summed E-state index contributed by atoms with van der Waals surface area (Å²) >= 11 is 0. The highest BCUT2D eigenvalue weighted by atomic mass is 16.3. The minimum Gasteiger partial charge on any atom is -0.468 e. The molecule has 15 heavy (non-hydrogen) atoms. The largest absolute Gasteiger partial charge is 0.468 e. The van der Waals surface area contributed by atoms with E-state index in [1.54, 1.807) is 6.26 Å². The number of hydrogen-bond acceptors (Lipinski definition) is 2. The van der Waals surface area contributed by atoms with Crippen LogP contribution in [0.2, 0.25) is 0 Å². The highest BCUT2D eigenvalue weighted by Gasteiger charge is 2.22. The van der Waals surface area contributed by atoms with E-state index in [2.05, 4.69) is 39.9 Å². The van der Waals surface area contributed by atoms with Crippen molar-refractivity contribution >= 4 is 0 Å². The fourth-order valence-electron chi connectivity index (χ4n) is 1.86. The van der Waals surface area contributed by atoms with Gasteiger partial charge in [-0.1, -0.05) is 27.7 Å². The van der Waals surface area contributed by atoms with E-state index in [4.69, 9.17) is 4.42 Å². The lowest BCUT2D eigenvalue weighted by molar-refractivity contribution is 0.253. The van der Waals surface area contributed by atoms with Crippen LogP contribution in [-0.4, -0.2) is 6.04 Å². The lowest BCUT2D eigenvalue weighted by atomic mass is 9.85. The van der Waals surface area contributed by atoms with Gasteiger partial charge in [0.15, 0.2) is 0 Å². The Morgan fingerprint density at radius 3 is 2.47 bits per heavy atom. The molecule has 86 valence electrons. The first-order valence-electron chi connectivity index (χ1n) is 5.71. The van der Waals surface area contributed by atoms with Crippen LogP contribution in [0.4, 0.5) is 0 Å². The predicted octanol–water partition coefficient (Wildman–Crippen LogP) is 3.50. The zero-order valence-corrected chi connectivity index (χ0v) is 10.6. The van der Waals surface area contributed by atoms with Gasteiger partial charge in [-0.25, -0.2) is 0 Å². The van der Waals surface area contributed by atoms with Gasteiger partial charge in [0.2, 0.25) is 0 Å². The molecule has 2 nitrogen and oxygen atoms in total. The van der Waals surface area contributed by atoms with Crippen molar-refractivity contribution in [3.05, 3.63) is 23.7 Å². The second kappa shape index (κ2) is 4.84. The van der Waals surface area contributed by atoms with Crippen LogP contribution in [0.15, 0.2) is 16.7 Å². The Balaban J connectivity index is 2.52. The zero-order chi connectivity index (χ0) is 11.5. The van der Waals surface area contributed by atoms with Crippen molar-refractivity contribution in [3.8, 4) is 0 Å². The molecule has 0 radical (unpaired) electrons. The summed E-state index contributed by atoms with van der Waals surface area (Å²) in [6, 6.07) is 2.54. The molecule has 1 aromatic heterocycles. The molecule has 1 heterocycles. The molecular weight excluding hydrogens is 186 g/mol. The van der Waals surface area contributed by atoms with Crippen LogP contribution >= 0.6 is 0 Å². The Hall–Kier alpha value is -0.760. The Labute approximate surface area is 93.1 Å². The maximum absolute atomic E-state index is 5.41. The molecule has 0 saturated carbocycles. The molecule has 1 atom stereocenters. The van der Waals surface area contributed by atoms with Crippen LogP contribution in [0.1, 0.15) is 45.4 Å². The van der Waals surface area contributed by atoms with Gasteiger partial charge in [-0.2, -0.15) is 0 Å². The number of hydrogen-bond donors (Lipinski definition) is 1. The highest BCUT2D eigenvalue weighted by molar-refractivity contribution is 5.14. The average molecular weight is 209 g/mol. The zero-order valence-electron chi connectivity index (χ0n) is 10.6. The van der Waals surface area contributed by atoms with Gasteiger partial charge in [0.25, 0.3) is 0 Å². The van der Waals surface area contributed by atoms with Crippen LogP contribution < -0.4 is 5.32 Å². The van der Waals surface area contributed by atoms with E-state index >= 15 is 0 Å². The summed E-state index contributed by atoms with van der Waals surface area (Å²) in [6.07, 6.45) is 2.90. The molecule has 0 aliphatic carbocycles. The number of furan rings is 1. The van der Waals surface area contributed by atoms with Crippen LogP contribution in [0.25, 0.3) is 0 Å². The molecule has 0 amide bonds. The average Bonchev–Trinajstić information content (AvgIpc) is 2.50. The van der Waals surface area contributed by atoms with E-state index in [-0.39, 0.29) is 0 Å². The van der Waals surface area contributed by atoms with Crippen LogP contribution in [0.3, 0.4) is 0 Å². The Morgan fingerprint density at radius 1 is 1.40 bits per heavy atom. The first kappa shape index (κ1) is 12.3. The van der Waals surface area contributed by atoms with Crippen molar-refractivity contribution in [2.45, 2.75) is 53.6 Å². The Morgan fingerprint density at radius 2 is 2.07 bits per heavy atom. The van der Waals surface area contributed by atoms with E-state index in [1.165, 1.54) is 5.56 Å². The van der Waals surface area contributed by atoms with Gasteiger partial charge in [-0.05, 0) is 30.4 Å². The lowest BCUT2D eigenvalue weighted by Crippen LogP contribution is -2.39. The smallest absolute Gasteiger partial charge is 0.120 e. The van der Waals surface area contributed by atoms with Crippen molar-refractivity contribution in [2.75, 3.05) is 0 Å². The maximum atomic E-state index is 5.41. The molecule has 0 aliphatic rings. The SMILES string of the molecule is CCC(NCc1occc1C)C(C)(C)C. The van der Waals surface area contributed by atoms with E-state index < -0.39 is 0 Å². The predicted molar refractivity (Wildman–Crippen MR) is 63.8 cm³/mol. The topological polar surface area (TPSA) is 25.2 Å². The van der Waals surface area contributed by atoms with Crippen molar-refractivity contribution in [1.29, 1.82) is 0 Å². The summed E-state index contributed by atoms with van der Waals surface area (Å²) in [4.78, 5) is 0. The Kier molecular flexibility index (Phi) is 3.97. The first-order chi connectivity index (χ1) is 6.95. The summed E-state index contributed by atoms with van der Waals surface area (Å²) < 4.78 is 5.41. The van der Waals surface area contributed by atoms with Gasteiger partial charge >= 0.3 is 0 Å². The quantitative estimate of drug-likeness (QED) is 0.821. The van der Waals surface area contributed by atoms with Crippen molar-refractivity contribution in [2.24, 2.45) is 5.41 Å². The minimum atomic E-state index is 0.301. The van der Waals surface area contributed by atoms with Gasteiger partial charge in [0.1, 0.15) is 5.76 Å². The third-order valence-electron chi connectivity index (χ3n) is 2.93. The molecule has 1 N–H and O–H groups in total. The van der Waals surface area contributed by atoms with Gasteiger partial charge in [0.05, 0.1) is 12.8 Å². The molecule has 0 aliphatic heterocycles. The van der Waals surface area contributed by atoms with E-state index in [0.29, 0.717) is 11.5 Å². The van der Waals surface area contributed by atoms with E-state index in [0.717, 1.165) is 18.7 Å². The summed E-state index contributed by atoms with van der Waals surface area (Å²) in [5.41, 5.74) is 1.53. The van der Waals surface area contributed by atoms with E-state index in [1.807, 2.05) is 6.07 Å². The first-order valence-corrected chi connectivity index (χ1v) is 5.71. The monoisotopic (exact) mass is 209 g/mol. The lowest BCUT2D eigenvalue weighted by Gasteiger charge is -2.30. The molecule has 1 aromatic rings. The third kappa shape index (κ3) is 3.38. The summed E-state index contributed by atoms with van der Waals surface area (Å²) in [7, 11) is 0. The molecule has 0 saturated heterocycles. The molecule has 0 bridgehead atoms. The molecule has 0 aromatic carbocycles. The fourth-order valence-corrected chi connectivity index (χ4v) is 1.86. The minimum absolute atomic E-state index is 0.301. The maximum Gasteiger partial charge on any atom is 0.120 e. The van der Waals surface area contributed by atoms with Gasteiger partial charge < -0.3 is 9.73 Å².